The van der Waals surface area contributed by atoms with Crippen LogP contribution in [-0.4, -0.2) is 37.6 Å². The molecule has 0 saturated carbocycles. The Balaban J connectivity index is 2.18. The van der Waals surface area contributed by atoms with Gasteiger partial charge < -0.3 is 15.4 Å². The SMILES string of the molecule is COc1ccc2sc(C(=O)N(C)CCC(N)C(C)C)c(C)c2c1. The van der Waals surface area contributed by atoms with Gasteiger partial charge in [-0.25, -0.2) is 0 Å². The average molecular weight is 334 g/mol. The van der Waals surface area contributed by atoms with Crippen molar-refractivity contribution < 1.29 is 9.53 Å². The lowest BCUT2D eigenvalue weighted by molar-refractivity contribution is 0.0793. The average Bonchev–Trinajstić information content (AvgIpc) is 2.87. The Morgan fingerprint density at radius 1 is 1.39 bits per heavy atom. The van der Waals surface area contributed by atoms with E-state index in [1.54, 1.807) is 23.3 Å². The van der Waals surface area contributed by atoms with Crippen molar-refractivity contribution in [2.75, 3.05) is 20.7 Å². The molecule has 1 aromatic heterocycles. The molecular formula is C18H26N2O2S. The minimum Gasteiger partial charge on any atom is -0.497 e. The summed E-state index contributed by atoms with van der Waals surface area (Å²) >= 11 is 1.54. The Morgan fingerprint density at radius 2 is 2.09 bits per heavy atom. The summed E-state index contributed by atoms with van der Waals surface area (Å²) in [5, 5.41) is 1.09. The van der Waals surface area contributed by atoms with Crippen LogP contribution in [0.2, 0.25) is 0 Å². The molecule has 23 heavy (non-hydrogen) atoms. The number of hydrogen-bond donors (Lipinski definition) is 1. The third-order valence-corrected chi connectivity index (χ3v) is 5.60. The zero-order chi connectivity index (χ0) is 17.1. The van der Waals surface area contributed by atoms with E-state index < -0.39 is 0 Å². The number of fused-ring (bicyclic) bond motifs is 1. The molecule has 5 heteroatoms. The highest BCUT2D eigenvalue weighted by Crippen LogP contribution is 2.34. The Hall–Kier alpha value is -1.59. The van der Waals surface area contributed by atoms with Crippen molar-refractivity contribution in [2.24, 2.45) is 11.7 Å². The zero-order valence-corrected chi connectivity index (χ0v) is 15.4. The van der Waals surface area contributed by atoms with Crippen LogP contribution in [0, 0.1) is 12.8 Å². The Morgan fingerprint density at radius 3 is 2.70 bits per heavy atom. The molecule has 2 aromatic rings. The highest BCUT2D eigenvalue weighted by Gasteiger charge is 2.20. The highest BCUT2D eigenvalue weighted by atomic mass is 32.1. The minimum absolute atomic E-state index is 0.0682. The molecule has 1 aromatic carbocycles. The van der Waals surface area contributed by atoms with Gasteiger partial charge in [-0.3, -0.25) is 4.79 Å². The molecule has 0 bridgehead atoms. The third kappa shape index (κ3) is 3.85. The fourth-order valence-electron chi connectivity index (χ4n) is 2.48. The molecule has 0 aliphatic heterocycles. The number of amides is 1. The van der Waals surface area contributed by atoms with Crippen LogP contribution in [0.5, 0.6) is 5.75 Å². The van der Waals surface area contributed by atoms with E-state index in [4.69, 9.17) is 10.5 Å². The maximum absolute atomic E-state index is 12.7. The van der Waals surface area contributed by atoms with Gasteiger partial charge in [0.2, 0.25) is 0 Å². The maximum Gasteiger partial charge on any atom is 0.263 e. The molecule has 0 aliphatic carbocycles. The molecule has 0 radical (unpaired) electrons. The summed E-state index contributed by atoms with van der Waals surface area (Å²) in [6, 6.07) is 6.06. The van der Waals surface area contributed by atoms with Crippen LogP contribution in [0.25, 0.3) is 10.1 Å². The van der Waals surface area contributed by atoms with Crippen molar-refractivity contribution >= 4 is 27.3 Å². The Bertz CT molecular complexity index is 694. The number of carbonyl (C=O) groups is 1. The fourth-order valence-corrected chi connectivity index (χ4v) is 3.67. The quantitative estimate of drug-likeness (QED) is 0.877. The van der Waals surface area contributed by atoms with Crippen LogP contribution in [0.1, 0.15) is 35.5 Å². The lowest BCUT2D eigenvalue weighted by Gasteiger charge is -2.21. The molecule has 2 N–H and O–H groups in total. The zero-order valence-electron chi connectivity index (χ0n) is 14.6. The third-order valence-electron chi connectivity index (χ3n) is 4.34. The first-order chi connectivity index (χ1) is 10.8. The molecule has 126 valence electrons. The number of nitrogens with zero attached hydrogens (tertiary/aromatic N) is 1. The number of hydrogen-bond acceptors (Lipinski definition) is 4. The Kier molecular flexibility index (Phi) is 5.65. The lowest BCUT2D eigenvalue weighted by Crippen LogP contribution is -2.34. The van der Waals surface area contributed by atoms with Gasteiger partial charge in [0.15, 0.2) is 0 Å². The number of rotatable bonds is 6. The predicted octanol–water partition coefficient (Wildman–Crippen LogP) is 3.66. The molecule has 0 fully saturated rings. The molecule has 2 rings (SSSR count). The summed E-state index contributed by atoms with van der Waals surface area (Å²) in [5.41, 5.74) is 7.10. The maximum atomic E-state index is 12.7. The van der Waals surface area contributed by atoms with E-state index in [9.17, 15) is 4.79 Å². The first-order valence-corrected chi connectivity index (χ1v) is 8.75. The second kappa shape index (κ2) is 7.32. The summed E-state index contributed by atoms with van der Waals surface area (Å²) in [4.78, 5) is 15.3. The van der Waals surface area contributed by atoms with Gasteiger partial charge in [-0.15, -0.1) is 11.3 Å². The van der Waals surface area contributed by atoms with Crippen LogP contribution in [0.15, 0.2) is 18.2 Å². The first kappa shape index (κ1) is 17.8. The number of aryl methyl sites for hydroxylation is 1. The number of benzene rings is 1. The van der Waals surface area contributed by atoms with E-state index in [2.05, 4.69) is 13.8 Å². The van der Waals surface area contributed by atoms with Gasteiger partial charge in [-0.1, -0.05) is 13.8 Å². The summed E-state index contributed by atoms with van der Waals surface area (Å²) in [6.45, 7) is 6.89. The van der Waals surface area contributed by atoms with Gasteiger partial charge in [0.05, 0.1) is 12.0 Å². The first-order valence-electron chi connectivity index (χ1n) is 7.93. The van der Waals surface area contributed by atoms with E-state index in [0.29, 0.717) is 12.5 Å². The second-order valence-corrected chi connectivity index (χ2v) is 7.39. The molecule has 0 saturated heterocycles. The normalized spacial score (nSPS) is 12.7. The van der Waals surface area contributed by atoms with Crippen molar-refractivity contribution in [3.05, 3.63) is 28.6 Å². The number of nitrogens with two attached hydrogens (primary N) is 1. The van der Waals surface area contributed by atoms with Crippen LogP contribution >= 0.6 is 11.3 Å². The van der Waals surface area contributed by atoms with E-state index >= 15 is 0 Å². The highest BCUT2D eigenvalue weighted by molar-refractivity contribution is 7.21. The van der Waals surface area contributed by atoms with Crippen LogP contribution in [-0.2, 0) is 0 Å². The molecular weight excluding hydrogens is 308 g/mol. The molecule has 1 heterocycles. The fraction of sp³-hybridized carbons (Fsp3) is 0.500. The van der Waals surface area contributed by atoms with E-state index in [0.717, 1.165) is 32.7 Å². The largest absolute Gasteiger partial charge is 0.497 e. The van der Waals surface area contributed by atoms with Crippen molar-refractivity contribution in [3.8, 4) is 5.75 Å². The standard InChI is InChI=1S/C18H26N2O2S/c1-11(2)15(19)8-9-20(4)18(21)17-12(3)14-10-13(22-5)6-7-16(14)23-17/h6-7,10-11,15H,8-9,19H2,1-5H3. The van der Waals surface area contributed by atoms with Crippen molar-refractivity contribution in [1.29, 1.82) is 0 Å². The van der Waals surface area contributed by atoms with Crippen molar-refractivity contribution in [2.45, 2.75) is 33.2 Å². The van der Waals surface area contributed by atoms with Gasteiger partial charge in [0.25, 0.3) is 5.91 Å². The van der Waals surface area contributed by atoms with Gasteiger partial charge in [-0.05, 0) is 48.4 Å². The monoisotopic (exact) mass is 334 g/mol. The molecule has 0 aliphatic rings. The van der Waals surface area contributed by atoms with Crippen LogP contribution < -0.4 is 10.5 Å². The van der Waals surface area contributed by atoms with Gasteiger partial charge in [0.1, 0.15) is 5.75 Å². The Labute approximate surface area is 142 Å². The molecule has 4 nitrogen and oxygen atoms in total. The summed E-state index contributed by atoms with van der Waals surface area (Å²) < 4.78 is 6.39. The van der Waals surface area contributed by atoms with Crippen LogP contribution in [0.3, 0.4) is 0 Å². The van der Waals surface area contributed by atoms with E-state index in [-0.39, 0.29) is 11.9 Å². The van der Waals surface area contributed by atoms with Crippen molar-refractivity contribution in [1.82, 2.24) is 4.90 Å². The number of ether oxygens (including phenoxy) is 1. The molecule has 0 spiro atoms. The lowest BCUT2D eigenvalue weighted by atomic mass is 10.0. The van der Waals surface area contributed by atoms with Gasteiger partial charge in [-0.2, -0.15) is 0 Å². The van der Waals surface area contributed by atoms with Gasteiger partial charge in [0, 0.05) is 24.3 Å². The summed E-state index contributed by atoms with van der Waals surface area (Å²) in [6.07, 6.45) is 0.817. The number of carbonyl (C=O) groups excluding carboxylic acids is 1. The van der Waals surface area contributed by atoms with Crippen molar-refractivity contribution in [3.63, 3.8) is 0 Å². The summed E-state index contributed by atoms with van der Waals surface area (Å²) in [7, 11) is 3.50. The van der Waals surface area contributed by atoms with Gasteiger partial charge >= 0.3 is 0 Å². The summed E-state index contributed by atoms with van der Waals surface area (Å²) in [5.74, 6) is 1.31. The smallest absolute Gasteiger partial charge is 0.263 e. The van der Waals surface area contributed by atoms with E-state index in [1.807, 2.05) is 32.2 Å². The topological polar surface area (TPSA) is 55.6 Å². The molecule has 1 atom stereocenters. The van der Waals surface area contributed by atoms with E-state index in [1.165, 1.54) is 0 Å². The number of methoxy groups -OCH3 is 1. The second-order valence-electron chi connectivity index (χ2n) is 6.34. The molecule has 1 amide bonds. The number of thiophene rings is 1. The minimum atomic E-state index is 0.0682. The molecule has 1 unspecified atom stereocenters. The predicted molar refractivity (Wildman–Crippen MR) is 97.5 cm³/mol. The van der Waals surface area contributed by atoms with Crippen LogP contribution in [0.4, 0.5) is 0 Å².